The number of hydrogen-bond acceptors (Lipinski definition) is 5. The number of hydrogen-bond donors (Lipinski definition) is 0. The third kappa shape index (κ3) is 4.30. The number of rotatable bonds is 4. The first-order valence-corrected chi connectivity index (χ1v) is 15.0. The summed E-state index contributed by atoms with van der Waals surface area (Å²) in [5.74, 6) is 3.74. The average molecular weight is 462 g/mol. The van der Waals surface area contributed by atoms with Crippen molar-refractivity contribution in [1.29, 1.82) is 0 Å². The molecule has 3 aromatic heterocycles. The van der Waals surface area contributed by atoms with E-state index in [0.29, 0.717) is 22.5 Å². The summed E-state index contributed by atoms with van der Waals surface area (Å²) in [5, 5.41) is 0.684. The Morgan fingerprint density at radius 1 is 0.969 bits per heavy atom. The van der Waals surface area contributed by atoms with Crippen molar-refractivity contribution in [3.63, 3.8) is 0 Å². The number of aromatic nitrogens is 3. The topological polar surface area (TPSA) is 74.1 Å². The molecule has 0 aliphatic carbocycles. The molecule has 0 N–H and O–H groups in total. The molecule has 0 unspecified atom stereocenters. The van der Waals surface area contributed by atoms with Crippen LogP contribution in [0.1, 0.15) is 5.56 Å². The molecule has 1 aromatic carbocycles. The second-order valence-electron chi connectivity index (χ2n) is 8.34. The molecule has 6 nitrogen and oxygen atoms in total. The molecule has 0 bridgehead atoms. The van der Waals surface area contributed by atoms with Gasteiger partial charge < -0.3 is 4.74 Å². The standard InChI is InChI=1S/C24H23N3O3SSi/c1-30-23-11-10-18(15-25-23)20-14-22-19(12-13-32(2,3)4)17-27(24(22)26-16-20)31(28,29)21-8-6-5-7-9-21/h5-11,14-17H,1-4H3. The third-order valence-electron chi connectivity index (χ3n) is 4.76. The van der Waals surface area contributed by atoms with Gasteiger partial charge in [0.15, 0.2) is 5.65 Å². The third-order valence-corrected chi connectivity index (χ3v) is 7.30. The van der Waals surface area contributed by atoms with E-state index in [1.54, 1.807) is 62.1 Å². The lowest BCUT2D eigenvalue weighted by atomic mass is 10.1. The Morgan fingerprint density at radius 3 is 2.31 bits per heavy atom. The molecule has 32 heavy (non-hydrogen) atoms. The Bertz CT molecular complexity index is 1440. The summed E-state index contributed by atoms with van der Waals surface area (Å²) < 4.78 is 33.0. The van der Waals surface area contributed by atoms with Crippen LogP contribution in [0.25, 0.3) is 22.2 Å². The van der Waals surface area contributed by atoms with E-state index in [1.807, 2.05) is 12.1 Å². The fourth-order valence-corrected chi connectivity index (χ4v) is 5.01. The maximum Gasteiger partial charge on any atom is 0.269 e. The Balaban J connectivity index is 1.93. The van der Waals surface area contributed by atoms with Crippen molar-refractivity contribution < 1.29 is 13.2 Å². The Hall–Kier alpha value is -3.41. The molecule has 162 valence electrons. The fraction of sp³-hybridized carbons (Fsp3) is 0.167. The lowest BCUT2D eigenvalue weighted by molar-refractivity contribution is 0.398. The average Bonchev–Trinajstić information content (AvgIpc) is 3.16. The Kier molecular flexibility index (Phi) is 5.63. The zero-order chi connectivity index (χ0) is 22.9. The maximum atomic E-state index is 13.3. The Labute approximate surface area is 189 Å². The highest BCUT2D eigenvalue weighted by atomic mass is 32.2. The van der Waals surface area contributed by atoms with E-state index < -0.39 is 18.1 Å². The van der Waals surface area contributed by atoms with E-state index in [9.17, 15) is 8.42 Å². The predicted molar refractivity (Wildman–Crippen MR) is 129 cm³/mol. The van der Waals surface area contributed by atoms with Crippen LogP contribution in [0, 0.1) is 11.5 Å². The second kappa shape index (κ2) is 8.26. The monoisotopic (exact) mass is 461 g/mol. The van der Waals surface area contributed by atoms with Gasteiger partial charge in [-0.15, -0.1) is 5.54 Å². The van der Waals surface area contributed by atoms with Gasteiger partial charge in [-0.25, -0.2) is 22.4 Å². The molecule has 0 spiro atoms. The molecule has 3 heterocycles. The van der Waals surface area contributed by atoms with E-state index in [2.05, 4.69) is 41.1 Å². The van der Waals surface area contributed by atoms with E-state index >= 15 is 0 Å². The van der Waals surface area contributed by atoms with Gasteiger partial charge in [-0.2, -0.15) is 0 Å². The quantitative estimate of drug-likeness (QED) is 0.329. The molecular formula is C24H23N3O3SSi. The largest absolute Gasteiger partial charge is 0.481 e. The van der Waals surface area contributed by atoms with Crippen molar-refractivity contribution in [3.05, 3.63) is 72.7 Å². The summed E-state index contributed by atoms with van der Waals surface area (Å²) in [5.41, 5.74) is 5.98. The minimum Gasteiger partial charge on any atom is -0.481 e. The summed E-state index contributed by atoms with van der Waals surface area (Å²) in [6.07, 6.45) is 4.93. The van der Waals surface area contributed by atoms with Crippen LogP contribution in [0.4, 0.5) is 0 Å². The number of ether oxygens (including phenoxy) is 1. The van der Waals surface area contributed by atoms with Crippen LogP contribution < -0.4 is 4.74 Å². The first-order valence-electron chi connectivity index (χ1n) is 10.0. The number of fused-ring (bicyclic) bond motifs is 1. The molecule has 4 rings (SSSR count). The van der Waals surface area contributed by atoms with Crippen molar-refractivity contribution in [2.24, 2.45) is 0 Å². The van der Waals surface area contributed by atoms with Crippen LogP contribution in [0.2, 0.25) is 19.6 Å². The van der Waals surface area contributed by atoms with E-state index in [-0.39, 0.29) is 4.90 Å². The van der Waals surface area contributed by atoms with E-state index in [4.69, 9.17) is 4.74 Å². The van der Waals surface area contributed by atoms with Crippen LogP contribution in [-0.2, 0) is 10.0 Å². The van der Waals surface area contributed by atoms with Gasteiger partial charge in [0.25, 0.3) is 10.0 Å². The van der Waals surface area contributed by atoms with Crippen LogP contribution >= 0.6 is 0 Å². The molecule has 8 heteroatoms. The molecule has 0 saturated carbocycles. The van der Waals surface area contributed by atoms with Gasteiger partial charge in [0.2, 0.25) is 5.88 Å². The van der Waals surface area contributed by atoms with Gasteiger partial charge in [-0.1, -0.05) is 43.8 Å². The normalized spacial score (nSPS) is 11.8. The van der Waals surface area contributed by atoms with Crippen molar-refractivity contribution in [2.45, 2.75) is 24.5 Å². The summed E-state index contributed by atoms with van der Waals surface area (Å²) in [6.45, 7) is 6.44. The maximum absolute atomic E-state index is 13.3. The minimum absolute atomic E-state index is 0.201. The van der Waals surface area contributed by atoms with Crippen LogP contribution in [-0.4, -0.2) is 37.5 Å². The molecule has 0 atom stereocenters. The van der Waals surface area contributed by atoms with Crippen LogP contribution in [0.5, 0.6) is 5.88 Å². The van der Waals surface area contributed by atoms with Crippen molar-refractivity contribution in [3.8, 4) is 28.5 Å². The van der Waals surface area contributed by atoms with E-state index in [1.165, 1.54) is 3.97 Å². The van der Waals surface area contributed by atoms with Gasteiger partial charge in [0, 0.05) is 41.2 Å². The molecule has 0 saturated heterocycles. The molecule has 0 amide bonds. The van der Waals surface area contributed by atoms with Crippen molar-refractivity contribution in [1.82, 2.24) is 13.9 Å². The minimum atomic E-state index is -3.82. The van der Waals surface area contributed by atoms with Gasteiger partial charge in [-0.3, -0.25) is 0 Å². The van der Waals surface area contributed by atoms with Crippen LogP contribution in [0.15, 0.2) is 72.0 Å². The lowest BCUT2D eigenvalue weighted by Crippen LogP contribution is -2.16. The number of benzene rings is 1. The lowest BCUT2D eigenvalue weighted by Gasteiger charge is -2.07. The second-order valence-corrected chi connectivity index (χ2v) is 14.9. The summed E-state index contributed by atoms with van der Waals surface area (Å²) in [4.78, 5) is 8.98. The molecule has 0 aliphatic rings. The van der Waals surface area contributed by atoms with Gasteiger partial charge in [0.1, 0.15) is 8.07 Å². The molecule has 4 aromatic rings. The van der Waals surface area contributed by atoms with Crippen molar-refractivity contribution in [2.75, 3.05) is 7.11 Å². The highest BCUT2D eigenvalue weighted by molar-refractivity contribution is 7.90. The van der Waals surface area contributed by atoms with Gasteiger partial charge in [-0.05, 0) is 24.3 Å². The molecule has 0 aliphatic heterocycles. The van der Waals surface area contributed by atoms with Gasteiger partial charge in [0.05, 0.1) is 17.6 Å². The first kappa shape index (κ1) is 21.8. The molecule has 0 fully saturated rings. The SMILES string of the molecule is COc1ccc(-c2cnc3c(c2)c(C#C[Si](C)(C)C)cn3S(=O)(=O)c2ccccc2)cn1. The summed E-state index contributed by atoms with van der Waals surface area (Å²) in [7, 11) is -3.93. The molecule has 0 radical (unpaired) electrons. The Morgan fingerprint density at radius 2 is 1.69 bits per heavy atom. The number of pyridine rings is 2. The van der Waals surface area contributed by atoms with Crippen molar-refractivity contribution >= 4 is 29.1 Å². The van der Waals surface area contributed by atoms with Gasteiger partial charge >= 0.3 is 0 Å². The van der Waals surface area contributed by atoms with E-state index in [0.717, 1.165) is 11.1 Å². The number of nitrogens with zero attached hydrogens (tertiary/aromatic N) is 3. The predicted octanol–water partition coefficient (Wildman–Crippen LogP) is 4.57. The first-order chi connectivity index (χ1) is 15.2. The summed E-state index contributed by atoms with van der Waals surface area (Å²) in [6, 6.07) is 13.9. The summed E-state index contributed by atoms with van der Waals surface area (Å²) >= 11 is 0. The highest BCUT2D eigenvalue weighted by Crippen LogP contribution is 2.29. The smallest absolute Gasteiger partial charge is 0.269 e. The highest BCUT2D eigenvalue weighted by Gasteiger charge is 2.22. The zero-order valence-electron chi connectivity index (χ0n) is 18.3. The number of methoxy groups -OCH3 is 1. The zero-order valence-corrected chi connectivity index (χ0v) is 20.1. The van der Waals surface area contributed by atoms with Crippen LogP contribution in [0.3, 0.4) is 0 Å². The molecular weight excluding hydrogens is 438 g/mol. The fourth-order valence-electron chi connectivity index (χ4n) is 3.15.